The molecule has 1 aliphatic heterocycles. The smallest absolute Gasteiger partial charge is 0.147 e. The maximum Gasteiger partial charge on any atom is 0.147 e. The van der Waals surface area contributed by atoms with Gasteiger partial charge in [-0.15, -0.1) is 0 Å². The monoisotopic (exact) mass is 314 g/mol. The molecule has 5 nitrogen and oxygen atoms in total. The van der Waals surface area contributed by atoms with Crippen LogP contribution < -0.4 is 4.74 Å². The Labute approximate surface area is 138 Å². The van der Waals surface area contributed by atoms with Crippen molar-refractivity contribution >= 4 is 0 Å². The Bertz CT molecular complexity index is 652. The molecule has 0 unspecified atom stereocenters. The standard InChI is InChI=1S/C18H26N4O/c1-14-19-15(2)22(20-14)13-17-8-4-5-10-21(17)12-16-7-6-9-18(11-16)23-3/h6-7,9,11,17H,4-5,8,10,12-13H2,1-3H3/t17-/m0/s1. The molecule has 3 rings (SSSR count). The minimum atomic E-state index is 0.523. The van der Waals surface area contributed by atoms with Gasteiger partial charge < -0.3 is 4.74 Å². The van der Waals surface area contributed by atoms with Crippen molar-refractivity contribution < 1.29 is 4.74 Å². The maximum atomic E-state index is 5.34. The predicted molar refractivity (Wildman–Crippen MR) is 90.5 cm³/mol. The third-order valence-corrected chi connectivity index (χ3v) is 4.62. The number of piperidine rings is 1. The number of methoxy groups -OCH3 is 1. The van der Waals surface area contributed by atoms with Crippen molar-refractivity contribution in [2.75, 3.05) is 13.7 Å². The zero-order valence-corrected chi connectivity index (χ0v) is 14.3. The van der Waals surface area contributed by atoms with Crippen LogP contribution in [0.5, 0.6) is 5.75 Å². The van der Waals surface area contributed by atoms with Gasteiger partial charge in [-0.25, -0.2) is 9.67 Å². The van der Waals surface area contributed by atoms with Crippen LogP contribution in [0.1, 0.15) is 36.5 Å². The molecule has 1 aromatic carbocycles. The zero-order chi connectivity index (χ0) is 16.2. The lowest BCUT2D eigenvalue weighted by Gasteiger charge is -2.35. The highest BCUT2D eigenvalue weighted by atomic mass is 16.5. The van der Waals surface area contributed by atoms with E-state index in [4.69, 9.17) is 4.74 Å². The second-order valence-corrected chi connectivity index (χ2v) is 6.36. The normalized spacial score (nSPS) is 19.0. The minimum Gasteiger partial charge on any atom is -0.497 e. The molecule has 0 spiro atoms. The summed E-state index contributed by atoms with van der Waals surface area (Å²) in [6.45, 7) is 7.04. The molecule has 0 bridgehead atoms. The van der Waals surface area contributed by atoms with Crippen LogP contribution in [0.15, 0.2) is 24.3 Å². The average Bonchev–Trinajstić information content (AvgIpc) is 2.87. The summed E-state index contributed by atoms with van der Waals surface area (Å²) < 4.78 is 7.40. The van der Waals surface area contributed by atoms with Gasteiger partial charge in [0.2, 0.25) is 0 Å². The molecule has 1 aliphatic rings. The van der Waals surface area contributed by atoms with E-state index < -0.39 is 0 Å². The third-order valence-electron chi connectivity index (χ3n) is 4.62. The average molecular weight is 314 g/mol. The molecule has 1 atom stereocenters. The topological polar surface area (TPSA) is 43.2 Å². The Morgan fingerprint density at radius 1 is 1.26 bits per heavy atom. The molecule has 0 aliphatic carbocycles. The number of aryl methyl sites for hydroxylation is 2. The summed E-state index contributed by atoms with van der Waals surface area (Å²) in [6.07, 6.45) is 3.80. The largest absolute Gasteiger partial charge is 0.497 e. The van der Waals surface area contributed by atoms with Crippen LogP contribution in [0.25, 0.3) is 0 Å². The fourth-order valence-electron chi connectivity index (χ4n) is 3.41. The van der Waals surface area contributed by atoms with E-state index in [1.54, 1.807) is 7.11 Å². The minimum absolute atomic E-state index is 0.523. The first-order valence-corrected chi connectivity index (χ1v) is 8.41. The van der Waals surface area contributed by atoms with Gasteiger partial charge in [0.05, 0.1) is 13.7 Å². The quantitative estimate of drug-likeness (QED) is 0.851. The summed E-state index contributed by atoms with van der Waals surface area (Å²) in [4.78, 5) is 7.00. The Hall–Kier alpha value is -1.88. The molecular weight excluding hydrogens is 288 g/mol. The third kappa shape index (κ3) is 3.91. The fourth-order valence-corrected chi connectivity index (χ4v) is 3.41. The number of nitrogens with zero attached hydrogens (tertiary/aromatic N) is 4. The molecule has 1 aromatic heterocycles. The van der Waals surface area contributed by atoms with Crippen LogP contribution in [0.3, 0.4) is 0 Å². The first-order valence-electron chi connectivity index (χ1n) is 8.41. The van der Waals surface area contributed by atoms with Gasteiger partial charge in [0.25, 0.3) is 0 Å². The summed E-state index contributed by atoms with van der Waals surface area (Å²) in [5, 5.41) is 4.53. The van der Waals surface area contributed by atoms with Crippen molar-refractivity contribution in [2.24, 2.45) is 0 Å². The number of rotatable bonds is 5. The summed E-state index contributed by atoms with van der Waals surface area (Å²) in [5.74, 6) is 2.80. The van der Waals surface area contributed by atoms with Gasteiger partial charge in [0, 0.05) is 12.6 Å². The van der Waals surface area contributed by atoms with E-state index in [0.29, 0.717) is 6.04 Å². The fraction of sp³-hybridized carbons (Fsp3) is 0.556. The highest BCUT2D eigenvalue weighted by Gasteiger charge is 2.24. The van der Waals surface area contributed by atoms with Gasteiger partial charge in [-0.2, -0.15) is 5.10 Å². The lowest BCUT2D eigenvalue weighted by Crippen LogP contribution is -2.41. The molecule has 5 heteroatoms. The summed E-state index contributed by atoms with van der Waals surface area (Å²) in [6, 6.07) is 8.90. The van der Waals surface area contributed by atoms with E-state index in [1.165, 1.54) is 24.8 Å². The molecule has 124 valence electrons. The Kier molecular flexibility index (Phi) is 4.96. The van der Waals surface area contributed by atoms with Gasteiger partial charge in [-0.3, -0.25) is 4.90 Å². The molecule has 1 saturated heterocycles. The summed E-state index contributed by atoms with van der Waals surface area (Å²) in [7, 11) is 1.72. The lowest BCUT2D eigenvalue weighted by molar-refractivity contribution is 0.121. The number of hydrogen-bond donors (Lipinski definition) is 0. The first kappa shape index (κ1) is 16.0. The van der Waals surface area contributed by atoms with Crippen molar-refractivity contribution in [3.05, 3.63) is 41.5 Å². The van der Waals surface area contributed by atoms with E-state index in [9.17, 15) is 0 Å². The summed E-state index contributed by atoms with van der Waals surface area (Å²) in [5.41, 5.74) is 1.31. The van der Waals surface area contributed by atoms with E-state index in [2.05, 4.69) is 37.9 Å². The van der Waals surface area contributed by atoms with Crippen LogP contribution in [-0.2, 0) is 13.1 Å². The molecule has 0 saturated carbocycles. The SMILES string of the molecule is COc1cccc(CN2CCCC[C@H]2Cn2nc(C)nc2C)c1. The molecule has 23 heavy (non-hydrogen) atoms. The lowest BCUT2D eigenvalue weighted by atomic mass is 10.0. The van der Waals surface area contributed by atoms with Crippen molar-refractivity contribution in [2.45, 2.75) is 52.2 Å². The molecule has 1 fully saturated rings. The van der Waals surface area contributed by atoms with E-state index >= 15 is 0 Å². The van der Waals surface area contributed by atoms with Gasteiger partial charge in [-0.05, 0) is 50.9 Å². The van der Waals surface area contributed by atoms with Crippen LogP contribution >= 0.6 is 0 Å². The molecule has 0 N–H and O–H groups in total. The van der Waals surface area contributed by atoms with E-state index in [-0.39, 0.29) is 0 Å². The van der Waals surface area contributed by atoms with Crippen molar-refractivity contribution in [3.8, 4) is 5.75 Å². The van der Waals surface area contributed by atoms with Crippen molar-refractivity contribution in [1.29, 1.82) is 0 Å². The predicted octanol–water partition coefficient (Wildman–Crippen LogP) is 2.96. The molecule has 2 heterocycles. The molecule has 0 amide bonds. The second kappa shape index (κ2) is 7.13. The van der Waals surface area contributed by atoms with Crippen LogP contribution in [0.4, 0.5) is 0 Å². The Balaban J connectivity index is 1.72. The van der Waals surface area contributed by atoms with Crippen molar-refractivity contribution in [1.82, 2.24) is 19.7 Å². The van der Waals surface area contributed by atoms with Crippen molar-refractivity contribution in [3.63, 3.8) is 0 Å². The van der Waals surface area contributed by atoms with Crippen LogP contribution in [0.2, 0.25) is 0 Å². The zero-order valence-electron chi connectivity index (χ0n) is 14.3. The van der Waals surface area contributed by atoms with E-state index in [1.807, 2.05) is 19.9 Å². The van der Waals surface area contributed by atoms with Gasteiger partial charge in [-0.1, -0.05) is 18.6 Å². The highest BCUT2D eigenvalue weighted by Crippen LogP contribution is 2.22. The van der Waals surface area contributed by atoms with Crippen LogP contribution in [0, 0.1) is 13.8 Å². The van der Waals surface area contributed by atoms with Gasteiger partial charge in [0.1, 0.15) is 17.4 Å². The number of ether oxygens (including phenoxy) is 1. The summed E-state index contributed by atoms with van der Waals surface area (Å²) >= 11 is 0. The number of benzene rings is 1. The number of aromatic nitrogens is 3. The Morgan fingerprint density at radius 3 is 2.87 bits per heavy atom. The van der Waals surface area contributed by atoms with Gasteiger partial charge >= 0.3 is 0 Å². The van der Waals surface area contributed by atoms with E-state index in [0.717, 1.165) is 37.0 Å². The van der Waals surface area contributed by atoms with Gasteiger partial charge in [0.15, 0.2) is 0 Å². The van der Waals surface area contributed by atoms with Crippen LogP contribution in [-0.4, -0.2) is 39.4 Å². The first-order chi connectivity index (χ1) is 11.2. The second-order valence-electron chi connectivity index (χ2n) is 6.36. The number of hydrogen-bond acceptors (Lipinski definition) is 4. The number of likely N-dealkylation sites (tertiary alicyclic amines) is 1. The maximum absolute atomic E-state index is 5.34. The Morgan fingerprint density at radius 2 is 2.13 bits per heavy atom. The molecular formula is C18H26N4O. The highest BCUT2D eigenvalue weighted by molar-refractivity contribution is 5.28. The molecule has 0 radical (unpaired) electrons. The molecule has 2 aromatic rings.